The molecule has 1 aromatic rings. The molecule has 2 N–H and O–H groups in total. The minimum absolute atomic E-state index is 0.0573. The van der Waals surface area contributed by atoms with E-state index < -0.39 is 0 Å². The number of hydrogen-bond acceptors (Lipinski definition) is 3. The molecule has 0 atom stereocenters. The lowest BCUT2D eigenvalue weighted by Gasteiger charge is -2.09. The van der Waals surface area contributed by atoms with Crippen LogP contribution in [-0.2, 0) is 22.3 Å². The van der Waals surface area contributed by atoms with Crippen molar-refractivity contribution in [3.05, 3.63) is 35.4 Å². The van der Waals surface area contributed by atoms with Gasteiger partial charge in [0, 0.05) is 6.42 Å². The highest BCUT2D eigenvalue weighted by Gasteiger charge is 2.16. The average Bonchev–Trinajstić information content (AvgIpc) is 2.71. The molecule has 15 heavy (non-hydrogen) atoms. The van der Waals surface area contributed by atoms with Crippen molar-refractivity contribution in [2.75, 3.05) is 19.8 Å². The minimum atomic E-state index is -0.0573. The van der Waals surface area contributed by atoms with Gasteiger partial charge in [0.25, 0.3) is 0 Å². The maximum absolute atomic E-state index is 5.52. The normalized spacial score (nSPS) is 17.1. The average molecular weight is 207 g/mol. The van der Waals surface area contributed by atoms with Crippen LogP contribution < -0.4 is 5.73 Å². The SMILES string of the molecule is NCCc1cccc(CC2OCCO2)c1. The molecule has 0 amide bonds. The molecule has 3 heteroatoms. The lowest BCUT2D eigenvalue weighted by atomic mass is 10.1. The highest BCUT2D eigenvalue weighted by Crippen LogP contribution is 2.13. The first-order valence-corrected chi connectivity index (χ1v) is 5.39. The van der Waals surface area contributed by atoms with Gasteiger partial charge in [-0.1, -0.05) is 24.3 Å². The van der Waals surface area contributed by atoms with E-state index in [2.05, 4.69) is 24.3 Å². The van der Waals surface area contributed by atoms with Crippen molar-refractivity contribution < 1.29 is 9.47 Å². The Morgan fingerprint density at radius 2 is 1.93 bits per heavy atom. The van der Waals surface area contributed by atoms with Crippen molar-refractivity contribution in [2.24, 2.45) is 5.73 Å². The number of rotatable bonds is 4. The highest BCUT2D eigenvalue weighted by molar-refractivity contribution is 5.24. The summed E-state index contributed by atoms with van der Waals surface area (Å²) in [6, 6.07) is 8.45. The van der Waals surface area contributed by atoms with E-state index in [0.29, 0.717) is 19.8 Å². The summed E-state index contributed by atoms with van der Waals surface area (Å²) in [5.41, 5.74) is 8.07. The molecule has 0 saturated carbocycles. The quantitative estimate of drug-likeness (QED) is 0.804. The first kappa shape index (κ1) is 10.6. The second-order valence-electron chi connectivity index (χ2n) is 3.73. The first-order valence-electron chi connectivity index (χ1n) is 5.39. The zero-order chi connectivity index (χ0) is 10.5. The zero-order valence-electron chi connectivity index (χ0n) is 8.82. The lowest BCUT2D eigenvalue weighted by molar-refractivity contribution is -0.0400. The van der Waals surface area contributed by atoms with Gasteiger partial charge < -0.3 is 15.2 Å². The van der Waals surface area contributed by atoms with E-state index in [0.717, 1.165) is 12.8 Å². The fourth-order valence-electron chi connectivity index (χ4n) is 1.80. The van der Waals surface area contributed by atoms with Crippen LogP contribution in [0, 0.1) is 0 Å². The molecule has 0 aromatic heterocycles. The monoisotopic (exact) mass is 207 g/mol. The number of ether oxygens (including phenoxy) is 2. The topological polar surface area (TPSA) is 44.5 Å². The molecule has 0 aliphatic carbocycles. The summed E-state index contributed by atoms with van der Waals surface area (Å²) in [7, 11) is 0. The molecule has 3 nitrogen and oxygen atoms in total. The Kier molecular flexibility index (Phi) is 3.72. The summed E-state index contributed by atoms with van der Waals surface area (Å²) in [6.45, 7) is 2.13. The molecule has 0 unspecified atom stereocenters. The minimum Gasteiger partial charge on any atom is -0.350 e. The summed E-state index contributed by atoms with van der Waals surface area (Å²) in [5.74, 6) is 0. The second-order valence-corrected chi connectivity index (χ2v) is 3.73. The Hall–Kier alpha value is -0.900. The Morgan fingerprint density at radius 3 is 2.67 bits per heavy atom. The van der Waals surface area contributed by atoms with E-state index in [1.165, 1.54) is 11.1 Å². The largest absolute Gasteiger partial charge is 0.350 e. The maximum Gasteiger partial charge on any atom is 0.161 e. The van der Waals surface area contributed by atoms with Crippen LogP contribution in [0.25, 0.3) is 0 Å². The van der Waals surface area contributed by atoms with E-state index in [-0.39, 0.29) is 6.29 Å². The van der Waals surface area contributed by atoms with Gasteiger partial charge in [0.2, 0.25) is 0 Å². The number of nitrogens with two attached hydrogens (primary N) is 1. The van der Waals surface area contributed by atoms with Crippen LogP contribution in [0.2, 0.25) is 0 Å². The Balaban J connectivity index is 1.97. The van der Waals surface area contributed by atoms with Crippen molar-refractivity contribution in [3.63, 3.8) is 0 Å². The van der Waals surface area contributed by atoms with Gasteiger partial charge >= 0.3 is 0 Å². The van der Waals surface area contributed by atoms with Gasteiger partial charge in [-0.3, -0.25) is 0 Å². The van der Waals surface area contributed by atoms with Crippen LogP contribution in [0.15, 0.2) is 24.3 Å². The van der Waals surface area contributed by atoms with Crippen molar-refractivity contribution in [2.45, 2.75) is 19.1 Å². The van der Waals surface area contributed by atoms with Crippen LogP contribution in [0.4, 0.5) is 0 Å². The molecule has 1 fully saturated rings. The number of benzene rings is 1. The van der Waals surface area contributed by atoms with Gasteiger partial charge in [-0.2, -0.15) is 0 Å². The van der Waals surface area contributed by atoms with Crippen LogP contribution in [0.1, 0.15) is 11.1 Å². The van der Waals surface area contributed by atoms with E-state index in [1.54, 1.807) is 0 Å². The predicted molar refractivity (Wildman–Crippen MR) is 58.6 cm³/mol. The molecule has 0 radical (unpaired) electrons. The van der Waals surface area contributed by atoms with E-state index in [9.17, 15) is 0 Å². The lowest BCUT2D eigenvalue weighted by Crippen LogP contribution is -2.11. The molecule has 1 heterocycles. The third kappa shape index (κ3) is 3.02. The fourth-order valence-corrected chi connectivity index (χ4v) is 1.80. The summed E-state index contributed by atoms with van der Waals surface area (Å²) in [6.07, 6.45) is 1.71. The summed E-state index contributed by atoms with van der Waals surface area (Å²) >= 11 is 0. The third-order valence-electron chi connectivity index (χ3n) is 2.52. The summed E-state index contributed by atoms with van der Waals surface area (Å²) in [4.78, 5) is 0. The van der Waals surface area contributed by atoms with Crippen LogP contribution in [-0.4, -0.2) is 26.0 Å². The van der Waals surface area contributed by atoms with Crippen LogP contribution in [0.5, 0.6) is 0 Å². The highest BCUT2D eigenvalue weighted by atomic mass is 16.7. The van der Waals surface area contributed by atoms with Gasteiger partial charge in [0.15, 0.2) is 6.29 Å². The van der Waals surface area contributed by atoms with Crippen molar-refractivity contribution >= 4 is 0 Å². The zero-order valence-corrected chi connectivity index (χ0v) is 8.82. The standard InChI is InChI=1S/C12H17NO2/c13-5-4-10-2-1-3-11(8-10)9-12-14-6-7-15-12/h1-3,8,12H,4-7,9,13H2. The van der Waals surface area contributed by atoms with Gasteiger partial charge in [-0.25, -0.2) is 0 Å². The molecule has 0 bridgehead atoms. The molecule has 1 aliphatic heterocycles. The molecule has 1 aromatic carbocycles. The molecule has 1 saturated heterocycles. The van der Waals surface area contributed by atoms with Gasteiger partial charge in [0.1, 0.15) is 0 Å². The van der Waals surface area contributed by atoms with Gasteiger partial charge in [-0.15, -0.1) is 0 Å². The van der Waals surface area contributed by atoms with Crippen LogP contribution in [0.3, 0.4) is 0 Å². The van der Waals surface area contributed by atoms with E-state index in [1.807, 2.05) is 0 Å². The van der Waals surface area contributed by atoms with Gasteiger partial charge in [0.05, 0.1) is 13.2 Å². The molecule has 2 rings (SSSR count). The Morgan fingerprint density at radius 1 is 1.20 bits per heavy atom. The molecule has 1 aliphatic rings. The van der Waals surface area contributed by atoms with E-state index in [4.69, 9.17) is 15.2 Å². The molecular weight excluding hydrogens is 190 g/mol. The summed E-state index contributed by atoms with van der Waals surface area (Å²) in [5, 5.41) is 0. The van der Waals surface area contributed by atoms with E-state index >= 15 is 0 Å². The summed E-state index contributed by atoms with van der Waals surface area (Å²) < 4.78 is 10.8. The van der Waals surface area contributed by atoms with Crippen molar-refractivity contribution in [1.82, 2.24) is 0 Å². The van der Waals surface area contributed by atoms with Crippen molar-refractivity contribution in [3.8, 4) is 0 Å². The first-order chi connectivity index (χ1) is 7.38. The third-order valence-corrected chi connectivity index (χ3v) is 2.52. The van der Waals surface area contributed by atoms with Gasteiger partial charge in [-0.05, 0) is 24.1 Å². The molecule has 0 spiro atoms. The number of hydrogen-bond donors (Lipinski definition) is 1. The molecular formula is C12H17NO2. The fraction of sp³-hybridized carbons (Fsp3) is 0.500. The molecule has 82 valence electrons. The smallest absolute Gasteiger partial charge is 0.161 e. The maximum atomic E-state index is 5.52. The van der Waals surface area contributed by atoms with Crippen molar-refractivity contribution in [1.29, 1.82) is 0 Å². The second kappa shape index (κ2) is 5.26. The Bertz CT molecular complexity index is 308. The predicted octanol–water partition coefficient (Wildman–Crippen LogP) is 1.10. The Labute approximate surface area is 90.2 Å². The van der Waals surface area contributed by atoms with Crippen LogP contribution >= 0.6 is 0 Å².